The summed E-state index contributed by atoms with van der Waals surface area (Å²) >= 11 is 0. The van der Waals surface area contributed by atoms with Crippen molar-refractivity contribution >= 4 is 0 Å². The van der Waals surface area contributed by atoms with E-state index in [9.17, 15) is 9.59 Å². The number of nitrogens with zero attached hydrogens (tertiary/aromatic N) is 1. The third-order valence-corrected chi connectivity index (χ3v) is 2.88. The molecule has 1 atom stereocenters. The summed E-state index contributed by atoms with van der Waals surface area (Å²) in [5, 5.41) is 0. The van der Waals surface area contributed by atoms with E-state index < -0.39 is 5.69 Å². The van der Waals surface area contributed by atoms with Crippen LogP contribution in [0.15, 0.2) is 46.0 Å². The van der Waals surface area contributed by atoms with Crippen LogP contribution in [-0.2, 0) is 6.54 Å². The van der Waals surface area contributed by atoms with Crippen molar-refractivity contribution in [2.45, 2.75) is 26.5 Å². The van der Waals surface area contributed by atoms with Crippen LogP contribution < -0.4 is 16.0 Å². The van der Waals surface area contributed by atoms with Gasteiger partial charge in [0.15, 0.2) is 0 Å². The van der Waals surface area contributed by atoms with E-state index in [4.69, 9.17) is 4.74 Å². The Kier molecular flexibility index (Phi) is 3.85. The fourth-order valence-corrected chi connectivity index (χ4v) is 1.84. The summed E-state index contributed by atoms with van der Waals surface area (Å²) in [7, 11) is 0. The smallest absolute Gasteiger partial charge is 0.331 e. The van der Waals surface area contributed by atoms with Crippen molar-refractivity contribution in [3.8, 4) is 5.88 Å². The monoisotopic (exact) mass is 260 g/mol. The zero-order valence-corrected chi connectivity index (χ0v) is 10.9. The number of benzene rings is 1. The van der Waals surface area contributed by atoms with Gasteiger partial charge in [0.25, 0.3) is 5.56 Å². The lowest BCUT2D eigenvalue weighted by Gasteiger charge is -2.14. The molecule has 100 valence electrons. The van der Waals surface area contributed by atoms with Gasteiger partial charge in [-0.1, -0.05) is 30.3 Å². The molecule has 5 heteroatoms. The Morgan fingerprint density at radius 1 is 1.26 bits per heavy atom. The first kappa shape index (κ1) is 13.1. The fraction of sp³-hybridized carbons (Fsp3) is 0.286. The SMILES string of the molecule is CCn1c(=O)cc(O[C@@H](C)c2ccccc2)[nH]c1=O. The molecule has 0 unspecified atom stereocenters. The third-order valence-electron chi connectivity index (χ3n) is 2.88. The van der Waals surface area contributed by atoms with Crippen molar-refractivity contribution in [2.75, 3.05) is 0 Å². The van der Waals surface area contributed by atoms with Crippen LogP contribution in [0.2, 0.25) is 0 Å². The summed E-state index contributed by atoms with van der Waals surface area (Å²) in [4.78, 5) is 25.9. The Morgan fingerprint density at radius 2 is 1.95 bits per heavy atom. The van der Waals surface area contributed by atoms with Gasteiger partial charge in [0.05, 0.1) is 6.07 Å². The highest BCUT2D eigenvalue weighted by Gasteiger charge is 2.09. The average molecular weight is 260 g/mol. The van der Waals surface area contributed by atoms with Gasteiger partial charge in [-0.05, 0) is 19.4 Å². The molecular formula is C14H16N2O3. The Labute approximate surface area is 110 Å². The summed E-state index contributed by atoms with van der Waals surface area (Å²) in [6.07, 6.45) is -0.242. The third kappa shape index (κ3) is 2.93. The van der Waals surface area contributed by atoms with Crippen LogP contribution in [0.4, 0.5) is 0 Å². The summed E-state index contributed by atoms with van der Waals surface area (Å²) in [5.41, 5.74) is 0.162. The molecule has 1 heterocycles. The molecule has 2 rings (SSSR count). The van der Waals surface area contributed by atoms with Crippen LogP contribution in [0.3, 0.4) is 0 Å². The van der Waals surface area contributed by atoms with E-state index in [1.54, 1.807) is 6.92 Å². The number of aromatic amines is 1. The van der Waals surface area contributed by atoms with Gasteiger partial charge in [-0.2, -0.15) is 0 Å². The molecule has 0 radical (unpaired) electrons. The van der Waals surface area contributed by atoms with Gasteiger partial charge in [-0.3, -0.25) is 14.3 Å². The zero-order chi connectivity index (χ0) is 13.8. The molecule has 0 amide bonds. The molecule has 0 saturated carbocycles. The van der Waals surface area contributed by atoms with E-state index in [0.29, 0.717) is 6.54 Å². The molecule has 5 nitrogen and oxygen atoms in total. The number of aromatic nitrogens is 2. The van der Waals surface area contributed by atoms with E-state index in [1.165, 1.54) is 6.07 Å². The first-order valence-electron chi connectivity index (χ1n) is 6.17. The Balaban J connectivity index is 2.25. The lowest BCUT2D eigenvalue weighted by molar-refractivity contribution is 0.215. The predicted octanol–water partition coefficient (Wildman–Crippen LogP) is 1.70. The Bertz CT molecular complexity index is 627. The maximum atomic E-state index is 11.7. The molecule has 0 bridgehead atoms. The van der Waals surface area contributed by atoms with Gasteiger partial charge in [0.1, 0.15) is 6.10 Å². The molecule has 1 N–H and O–H groups in total. The first-order valence-corrected chi connectivity index (χ1v) is 6.17. The maximum Gasteiger partial charge on any atom is 0.331 e. The lowest BCUT2D eigenvalue weighted by Crippen LogP contribution is -2.34. The highest BCUT2D eigenvalue weighted by atomic mass is 16.5. The van der Waals surface area contributed by atoms with Crippen LogP contribution >= 0.6 is 0 Å². The Morgan fingerprint density at radius 3 is 2.53 bits per heavy atom. The second-order valence-electron chi connectivity index (χ2n) is 4.19. The van der Waals surface area contributed by atoms with Gasteiger partial charge in [0, 0.05) is 6.54 Å². The number of hydrogen-bond donors (Lipinski definition) is 1. The van der Waals surface area contributed by atoms with E-state index in [-0.39, 0.29) is 17.5 Å². The van der Waals surface area contributed by atoms with Crippen molar-refractivity contribution in [3.63, 3.8) is 0 Å². The topological polar surface area (TPSA) is 64.1 Å². The fourth-order valence-electron chi connectivity index (χ4n) is 1.84. The van der Waals surface area contributed by atoms with Crippen LogP contribution in [0.1, 0.15) is 25.5 Å². The van der Waals surface area contributed by atoms with Crippen LogP contribution in [-0.4, -0.2) is 9.55 Å². The quantitative estimate of drug-likeness (QED) is 0.910. The van der Waals surface area contributed by atoms with Crippen molar-refractivity contribution in [2.24, 2.45) is 0 Å². The van der Waals surface area contributed by atoms with E-state index >= 15 is 0 Å². The minimum Gasteiger partial charge on any atom is -0.471 e. The van der Waals surface area contributed by atoms with Gasteiger partial charge >= 0.3 is 5.69 Å². The molecule has 0 aliphatic carbocycles. The van der Waals surface area contributed by atoms with Crippen LogP contribution in [0, 0.1) is 0 Å². The van der Waals surface area contributed by atoms with Crippen molar-refractivity contribution < 1.29 is 4.74 Å². The largest absolute Gasteiger partial charge is 0.471 e. The van der Waals surface area contributed by atoms with Gasteiger partial charge < -0.3 is 4.74 Å². The van der Waals surface area contributed by atoms with Crippen molar-refractivity contribution in [3.05, 3.63) is 62.8 Å². The van der Waals surface area contributed by atoms with E-state index in [0.717, 1.165) is 10.1 Å². The maximum absolute atomic E-state index is 11.7. The Hall–Kier alpha value is -2.30. The minimum atomic E-state index is -0.453. The normalized spacial score (nSPS) is 12.1. The summed E-state index contributed by atoms with van der Waals surface area (Å²) in [5.74, 6) is 0.191. The molecule has 1 aromatic heterocycles. The minimum absolute atomic E-state index is 0.191. The molecule has 0 saturated heterocycles. The molecule has 2 aromatic rings. The van der Waals surface area contributed by atoms with Crippen molar-refractivity contribution in [1.29, 1.82) is 0 Å². The van der Waals surface area contributed by atoms with Gasteiger partial charge in [0.2, 0.25) is 5.88 Å². The molecule has 0 fully saturated rings. The number of ether oxygens (including phenoxy) is 1. The second-order valence-corrected chi connectivity index (χ2v) is 4.19. The number of H-pyrrole nitrogens is 1. The first-order chi connectivity index (χ1) is 9.11. The average Bonchev–Trinajstić information content (AvgIpc) is 2.39. The summed E-state index contributed by atoms with van der Waals surface area (Å²) in [6.45, 7) is 3.94. The molecular weight excluding hydrogens is 244 g/mol. The second kappa shape index (κ2) is 5.56. The van der Waals surface area contributed by atoms with E-state index in [1.807, 2.05) is 37.3 Å². The van der Waals surface area contributed by atoms with Gasteiger partial charge in [-0.15, -0.1) is 0 Å². The summed E-state index contributed by atoms with van der Waals surface area (Å²) < 4.78 is 6.70. The predicted molar refractivity (Wildman–Crippen MR) is 72.5 cm³/mol. The van der Waals surface area contributed by atoms with Gasteiger partial charge in [-0.25, -0.2) is 4.79 Å². The number of hydrogen-bond acceptors (Lipinski definition) is 3. The number of nitrogens with one attached hydrogen (secondary N) is 1. The molecule has 0 aliphatic heterocycles. The molecule has 0 aliphatic rings. The standard InChI is InChI=1S/C14H16N2O3/c1-3-16-13(17)9-12(15-14(16)18)19-10(2)11-7-5-4-6-8-11/h4-10H,3H2,1-2H3,(H,15,18)/t10-/m0/s1. The lowest BCUT2D eigenvalue weighted by atomic mass is 10.1. The molecule has 0 spiro atoms. The highest BCUT2D eigenvalue weighted by Crippen LogP contribution is 2.17. The molecule has 1 aromatic carbocycles. The van der Waals surface area contributed by atoms with Crippen molar-refractivity contribution in [1.82, 2.24) is 9.55 Å². The molecule has 19 heavy (non-hydrogen) atoms. The highest BCUT2D eigenvalue weighted by molar-refractivity contribution is 5.18. The zero-order valence-electron chi connectivity index (χ0n) is 10.9. The number of rotatable bonds is 4. The van der Waals surface area contributed by atoms with E-state index in [2.05, 4.69) is 4.98 Å². The summed E-state index contributed by atoms with van der Waals surface area (Å²) in [6, 6.07) is 10.9. The van der Waals surface area contributed by atoms with Crippen LogP contribution in [0.5, 0.6) is 5.88 Å². The van der Waals surface area contributed by atoms with Crippen LogP contribution in [0.25, 0.3) is 0 Å².